The molecule has 4 nitrogen and oxygen atoms in total. The first-order chi connectivity index (χ1) is 9.86. The van der Waals surface area contributed by atoms with Gasteiger partial charge in [0.25, 0.3) is 0 Å². The number of aromatic nitrogens is 3. The monoisotopic (exact) mass is 263 g/mol. The highest BCUT2D eigenvalue weighted by Crippen LogP contribution is 2.13. The molecule has 2 heterocycles. The van der Waals surface area contributed by atoms with Crippen molar-refractivity contribution in [1.29, 1.82) is 0 Å². The van der Waals surface area contributed by atoms with Gasteiger partial charge < -0.3 is 4.98 Å². The molecular weight excluding hydrogens is 250 g/mol. The van der Waals surface area contributed by atoms with Gasteiger partial charge in [-0.15, -0.1) is 0 Å². The van der Waals surface area contributed by atoms with Gasteiger partial charge in [-0.1, -0.05) is 24.3 Å². The Balaban J connectivity index is 0.000000205. The van der Waals surface area contributed by atoms with Crippen molar-refractivity contribution in [3.8, 4) is 0 Å². The van der Waals surface area contributed by atoms with E-state index in [-0.39, 0.29) is 5.43 Å². The maximum absolute atomic E-state index is 12.1. The van der Waals surface area contributed by atoms with E-state index in [0.29, 0.717) is 0 Å². The van der Waals surface area contributed by atoms with E-state index < -0.39 is 0 Å². The summed E-state index contributed by atoms with van der Waals surface area (Å²) in [7, 11) is 0. The van der Waals surface area contributed by atoms with E-state index in [2.05, 4.69) is 15.2 Å². The SMILES string of the molecule is O=c1c2ccccc2[nH]c2ccccc12.c1cn[nH]c1. The van der Waals surface area contributed by atoms with Crippen LogP contribution in [0.2, 0.25) is 0 Å². The predicted molar refractivity (Wildman–Crippen MR) is 80.7 cm³/mol. The Morgan fingerprint density at radius 2 is 1.40 bits per heavy atom. The second kappa shape index (κ2) is 5.40. The van der Waals surface area contributed by atoms with E-state index in [1.165, 1.54) is 0 Å². The van der Waals surface area contributed by atoms with E-state index in [9.17, 15) is 4.79 Å². The molecule has 0 bridgehead atoms. The lowest BCUT2D eigenvalue weighted by molar-refractivity contribution is 1.09. The van der Waals surface area contributed by atoms with Crippen LogP contribution >= 0.6 is 0 Å². The number of aromatic amines is 2. The molecule has 0 atom stereocenters. The third kappa shape index (κ3) is 2.31. The van der Waals surface area contributed by atoms with Crippen LogP contribution in [0.4, 0.5) is 0 Å². The lowest BCUT2D eigenvalue weighted by atomic mass is 10.1. The number of pyridine rings is 1. The number of hydrogen-bond acceptors (Lipinski definition) is 2. The number of hydrogen-bond donors (Lipinski definition) is 2. The fourth-order valence-corrected chi connectivity index (χ4v) is 2.09. The molecule has 2 aromatic heterocycles. The van der Waals surface area contributed by atoms with Gasteiger partial charge in [-0.25, -0.2) is 0 Å². The summed E-state index contributed by atoms with van der Waals surface area (Å²) in [5.41, 5.74) is 1.88. The number of rotatable bonds is 0. The Labute approximate surface area is 115 Å². The van der Waals surface area contributed by atoms with Crippen molar-refractivity contribution >= 4 is 21.8 Å². The van der Waals surface area contributed by atoms with Crippen LogP contribution in [-0.2, 0) is 0 Å². The third-order valence-electron chi connectivity index (χ3n) is 3.02. The van der Waals surface area contributed by atoms with Crippen molar-refractivity contribution in [3.05, 3.63) is 77.2 Å². The summed E-state index contributed by atoms with van der Waals surface area (Å²) in [5, 5.41) is 7.70. The molecule has 0 radical (unpaired) electrons. The van der Waals surface area contributed by atoms with Gasteiger partial charge in [0.2, 0.25) is 0 Å². The molecule has 98 valence electrons. The van der Waals surface area contributed by atoms with Gasteiger partial charge in [-0.05, 0) is 30.3 Å². The summed E-state index contributed by atoms with van der Waals surface area (Å²) >= 11 is 0. The van der Waals surface area contributed by atoms with Crippen LogP contribution in [0.25, 0.3) is 21.8 Å². The molecule has 20 heavy (non-hydrogen) atoms. The first-order valence-electron chi connectivity index (χ1n) is 6.30. The molecule has 4 rings (SSSR count). The van der Waals surface area contributed by atoms with Gasteiger partial charge >= 0.3 is 0 Å². The summed E-state index contributed by atoms with van der Waals surface area (Å²) in [5.74, 6) is 0. The highest BCUT2D eigenvalue weighted by Gasteiger charge is 2.02. The van der Waals surface area contributed by atoms with E-state index in [1.54, 1.807) is 12.4 Å². The Morgan fingerprint density at radius 1 is 0.800 bits per heavy atom. The highest BCUT2D eigenvalue weighted by atomic mass is 16.1. The molecule has 4 heteroatoms. The Morgan fingerprint density at radius 3 is 1.85 bits per heavy atom. The summed E-state index contributed by atoms with van der Waals surface area (Å²) < 4.78 is 0. The van der Waals surface area contributed by atoms with Gasteiger partial charge in [0, 0.05) is 34.2 Å². The Kier molecular flexibility index (Phi) is 3.29. The topological polar surface area (TPSA) is 61.5 Å². The van der Waals surface area contributed by atoms with E-state index in [4.69, 9.17) is 0 Å². The van der Waals surface area contributed by atoms with Gasteiger partial charge in [0.05, 0.1) is 0 Å². The minimum absolute atomic E-state index is 0.0972. The zero-order chi connectivity index (χ0) is 13.8. The van der Waals surface area contributed by atoms with Crippen molar-refractivity contribution in [2.75, 3.05) is 0 Å². The third-order valence-corrected chi connectivity index (χ3v) is 3.02. The zero-order valence-corrected chi connectivity index (χ0v) is 10.7. The number of fused-ring (bicyclic) bond motifs is 2. The normalized spacial score (nSPS) is 10.2. The van der Waals surface area contributed by atoms with E-state index in [1.807, 2.05) is 54.6 Å². The lowest BCUT2D eigenvalue weighted by Crippen LogP contribution is -2.03. The summed E-state index contributed by atoms with van der Waals surface area (Å²) in [6, 6.07) is 17.0. The lowest BCUT2D eigenvalue weighted by Gasteiger charge is -2.01. The van der Waals surface area contributed by atoms with Crippen molar-refractivity contribution < 1.29 is 0 Å². The van der Waals surface area contributed by atoms with Crippen molar-refractivity contribution in [2.45, 2.75) is 0 Å². The molecule has 0 spiro atoms. The molecule has 0 amide bonds. The van der Waals surface area contributed by atoms with Crippen molar-refractivity contribution in [2.24, 2.45) is 0 Å². The van der Waals surface area contributed by atoms with Gasteiger partial charge in [-0.2, -0.15) is 5.10 Å². The van der Waals surface area contributed by atoms with Crippen LogP contribution in [0.5, 0.6) is 0 Å². The molecule has 4 aromatic rings. The van der Waals surface area contributed by atoms with Crippen molar-refractivity contribution in [1.82, 2.24) is 15.2 Å². The number of H-pyrrole nitrogens is 2. The molecule has 0 unspecified atom stereocenters. The first-order valence-corrected chi connectivity index (χ1v) is 6.30. The van der Waals surface area contributed by atoms with E-state index >= 15 is 0 Å². The summed E-state index contributed by atoms with van der Waals surface area (Å²) in [6.07, 6.45) is 3.46. The Hall–Kier alpha value is -2.88. The standard InChI is InChI=1S/C13H9NO.C3H4N2/c15-13-9-5-1-3-7-11(9)14-12-8-4-2-6-10(12)13;1-2-4-5-3-1/h1-8H,(H,14,15);1-3H,(H,4,5). The fraction of sp³-hybridized carbons (Fsp3) is 0. The zero-order valence-electron chi connectivity index (χ0n) is 10.7. The number of nitrogens with zero attached hydrogens (tertiary/aromatic N) is 1. The number of para-hydroxylation sites is 2. The van der Waals surface area contributed by atoms with Gasteiger partial charge in [0.1, 0.15) is 0 Å². The minimum atomic E-state index is 0.0972. The van der Waals surface area contributed by atoms with E-state index in [0.717, 1.165) is 21.8 Å². The van der Waals surface area contributed by atoms with Crippen molar-refractivity contribution in [3.63, 3.8) is 0 Å². The average molecular weight is 263 g/mol. The maximum atomic E-state index is 12.1. The molecule has 0 fully saturated rings. The smallest absolute Gasteiger partial charge is 0.197 e. The molecule has 0 aliphatic heterocycles. The number of nitrogens with one attached hydrogen (secondary N) is 2. The van der Waals surface area contributed by atoms with Crippen LogP contribution in [0.15, 0.2) is 71.8 Å². The minimum Gasteiger partial charge on any atom is -0.354 e. The van der Waals surface area contributed by atoms with Gasteiger partial charge in [0.15, 0.2) is 5.43 Å². The molecule has 0 saturated carbocycles. The second-order valence-electron chi connectivity index (χ2n) is 4.31. The maximum Gasteiger partial charge on any atom is 0.197 e. The second-order valence-corrected chi connectivity index (χ2v) is 4.31. The number of benzene rings is 2. The molecular formula is C16H13N3O. The summed E-state index contributed by atoms with van der Waals surface area (Å²) in [4.78, 5) is 15.3. The van der Waals surface area contributed by atoms with Crippen LogP contribution in [0, 0.1) is 0 Å². The molecule has 2 N–H and O–H groups in total. The largest absolute Gasteiger partial charge is 0.354 e. The molecule has 0 saturated heterocycles. The predicted octanol–water partition coefficient (Wildman–Crippen LogP) is 3.09. The summed E-state index contributed by atoms with van der Waals surface area (Å²) in [6.45, 7) is 0. The molecule has 0 aliphatic rings. The van der Waals surface area contributed by atoms with Gasteiger partial charge in [-0.3, -0.25) is 9.89 Å². The van der Waals surface area contributed by atoms with Crippen LogP contribution in [-0.4, -0.2) is 15.2 Å². The highest BCUT2D eigenvalue weighted by molar-refractivity contribution is 5.92. The molecule has 2 aromatic carbocycles. The van der Waals surface area contributed by atoms with Crippen LogP contribution < -0.4 is 5.43 Å². The average Bonchev–Trinajstić information content (AvgIpc) is 3.07. The van der Waals surface area contributed by atoms with Crippen LogP contribution in [0.1, 0.15) is 0 Å². The first kappa shape index (κ1) is 12.2. The molecule has 0 aliphatic carbocycles. The van der Waals surface area contributed by atoms with Crippen LogP contribution in [0.3, 0.4) is 0 Å². The quantitative estimate of drug-likeness (QED) is 0.479. The Bertz CT molecular complexity index is 805. The fourth-order valence-electron chi connectivity index (χ4n) is 2.09.